The first-order chi connectivity index (χ1) is 19.1. The Labute approximate surface area is 230 Å². The van der Waals surface area contributed by atoms with E-state index in [9.17, 15) is 5.11 Å². The van der Waals surface area contributed by atoms with Gasteiger partial charge in [0.15, 0.2) is 11.5 Å². The molecule has 0 saturated carbocycles. The highest BCUT2D eigenvalue weighted by atomic mass is 16.7. The number of aliphatic hydroxyl groups is 1. The Hall–Kier alpha value is -4.03. The Bertz CT molecular complexity index is 1400. The minimum atomic E-state index is -0.0675. The van der Waals surface area contributed by atoms with Gasteiger partial charge in [-0.05, 0) is 66.8 Å². The lowest BCUT2D eigenvalue weighted by atomic mass is 9.85. The van der Waals surface area contributed by atoms with Crippen molar-refractivity contribution in [3.05, 3.63) is 102 Å². The van der Waals surface area contributed by atoms with Crippen molar-refractivity contribution >= 4 is 0 Å². The Balaban J connectivity index is 1.51. The molecule has 6 heteroatoms. The molecule has 0 fully saturated rings. The Morgan fingerprint density at radius 1 is 1.00 bits per heavy atom. The third-order valence-corrected chi connectivity index (χ3v) is 7.26. The highest BCUT2D eigenvalue weighted by molar-refractivity contribution is 5.67. The Morgan fingerprint density at radius 2 is 1.79 bits per heavy atom. The van der Waals surface area contributed by atoms with Gasteiger partial charge in [0.1, 0.15) is 5.75 Å². The summed E-state index contributed by atoms with van der Waals surface area (Å²) >= 11 is 0. The van der Waals surface area contributed by atoms with Crippen LogP contribution in [0.3, 0.4) is 0 Å². The standard InChI is InChI=1S/C33H36N2O4/c1-23-8-5-4-6-10-24(2)30(11-7-9-23)26(21-36)18-27-20-31(25-12-17-32-33(19-25)39-22-38-32)35(34-27)28-13-15-29(37-3)16-14-28/h5-17,19-20,23-24,26,36H,4,18,21-22H2,1-3H3/b8-5-,9-7-,10-6-,30-11+. The van der Waals surface area contributed by atoms with Crippen molar-refractivity contribution in [2.45, 2.75) is 26.7 Å². The number of ether oxygens (including phenoxy) is 3. The average molecular weight is 525 g/mol. The van der Waals surface area contributed by atoms with E-state index >= 15 is 0 Å². The summed E-state index contributed by atoms with van der Waals surface area (Å²) in [7, 11) is 1.66. The molecule has 1 aliphatic carbocycles. The lowest BCUT2D eigenvalue weighted by molar-refractivity contribution is 0.174. The van der Waals surface area contributed by atoms with E-state index in [-0.39, 0.29) is 25.2 Å². The van der Waals surface area contributed by atoms with E-state index in [1.807, 2.05) is 47.1 Å². The first-order valence-corrected chi connectivity index (χ1v) is 13.5. The average Bonchev–Trinajstić information content (AvgIpc) is 3.60. The molecule has 0 radical (unpaired) electrons. The van der Waals surface area contributed by atoms with E-state index in [1.165, 1.54) is 5.57 Å². The van der Waals surface area contributed by atoms with Gasteiger partial charge in [0, 0.05) is 17.9 Å². The van der Waals surface area contributed by atoms with Gasteiger partial charge < -0.3 is 19.3 Å². The maximum atomic E-state index is 10.5. The molecule has 3 aromatic rings. The number of fused-ring (bicyclic) bond motifs is 1. The number of aromatic nitrogens is 2. The van der Waals surface area contributed by atoms with Crippen molar-refractivity contribution < 1.29 is 19.3 Å². The zero-order valence-electron chi connectivity index (χ0n) is 22.8. The largest absolute Gasteiger partial charge is 0.497 e. The number of allylic oxidation sites excluding steroid dienone is 7. The summed E-state index contributed by atoms with van der Waals surface area (Å²) in [6.07, 6.45) is 16.9. The predicted molar refractivity (Wildman–Crippen MR) is 154 cm³/mol. The van der Waals surface area contributed by atoms with Crippen molar-refractivity contribution in [3.63, 3.8) is 0 Å². The van der Waals surface area contributed by atoms with Crippen molar-refractivity contribution in [3.8, 4) is 34.2 Å². The van der Waals surface area contributed by atoms with Crippen LogP contribution < -0.4 is 14.2 Å². The summed E-state index contributed by atoms with van der Waals surface area (Å²) in [6, 6.07) is 15.9. The fraction of sp³-hybridized carbons (Fsp3) is 0.303. The van der Waals surface area contributed by atoms with Crippen LogP contribution in [0.2, 0.25) is 0 Å². The van der Waals surface area contributed by atoms with E-state index in [4.69, 9.17) is 19.3 Å². The number of aliphatic hydroxyl groups excluding tert-OH is 1. The molecule has 2 aromatic carbocycles. The van der Waals surface area contributed by atoms with E-state index in [0.29, 0.717) is 12.3 Å². The summed E-state index contributed by atoms with van der Waals surface area (Å²) in [6.45, 7) is 4.64. The molecule has 3 atom stereocenters. The van der Waals surface area contributed by atoms with Crippen LogP contribution >= 0.6 is 0 Å². The monoisotopic (exact) mass is 524 g/mol. The van der Waals surface area contributed by atoms with Gasteiger partial charge >= 0.3 is 0 Å². The normalized spacial score (nSPS) is 23.2. The quantitative estimate of drug-likeness (QED) is 0.349. The summed E-state index contributed by atoms with van der Waals surface area (Å²) in [5.74, 6) is 2.75. The van der Waals surface area contributed by atoms with Gasteiger partial charge in [-0.1, -0.05) is 62.0 Å². The fourth-order valence-corrected chi connectivity index (χ4v) is 5.08. The predicted octanol–water partition coefficient (Wildman–Crippen LogP) is 6.70. The van der Waals surface area contributed by atoms with Gasteiger partial charge in [0.25, 0.3) is 0 Å². The van der Waals surface area contributed by atoms with Gasteiger partial charge in [0.2, 0.25) is 6.79 Å². The molecule has 0 bridgehead atoms. The van der Waals surface area contributed by atoms with Crippen molar-refractivity contribution in [1.29, 1.82) is 0 Å². The number of nitrogens with zero attached hydrogens (tertiary/aromatic N) is 2. The molecular weight excluding hydrogens is 488 g/mol. The lowest BCUT2D eigenvalue weighted by Gasteiger charge is -2.21. The van der Waals surface area contributed by atoms with Crippen LogP contribution in [0.1, 0.15) is 26.0 Å². The zero-order valence-corrected chi connectivity index (χ0v) is 22.8. The van der Waals surface area contributed by atoms with Gasteiger partial charge in [-0.15, -0.1) is 0 Å². The molecule has 3 unspecified atom stereocenters. The molecular formula is C33H36N2O4. The first kappa shape index (κ1) is 26.6. The molecule has 0 amide bonds. The van der Waals surface area contributed by atoms with Crippen LogP contribution in [0.4, 0.5) is 0 Å². The number of hydrogen-bond donors (Lipinski definition) is 1. The molecule has 2 heterocycles. The van der Waals surface area contributed by atoms with Crippen molar-refractivity contribution in [2.24, 2.45) is 17.8 Å². The topological polar surface area (TPSA) is 65.7 Å². The number of hydrogen-bond acceptors (Lipinski definition) is 5. The highest BCUT2D eigenvalue weighted by Gasteiger charge is 2.22. The second-order valence-electron chi connectivity index (χ2n) is 10.1. The summed E-state index contributed by atoms with van der Waals surface area (Å²) in [5, 5.41) is 15.6. The molecule has 0 saturated heterocycles. The SMILES string of the molecule is COc1ccc(-n2nc(CC(CO)/C3=C/C=C\C(C)/C=C\C/C=C\C3C)cc2-c2ccc3c(c2)OCO3)cc1. The molecule has 0 spiro atoms. The summed E-state index contributed by atoms with van der Waals surface area (Å²) < 4.78 is 18.5. The smallest absolute Gasteiger partial charge is 0.231 e. The zero-order chi connectivity index (χ0) is 27.2. The fourth-order valence-electron chi connectivity index (χ4n) is 5.08. The highest BCUT2D eigenvalue weighted by Crippen LogP contribution is 2.37. The van der Waals surface area contributed by atoms with Crippen LogP contribution in [0, 0.1) is 17.8 Å². The van der Waals surface area contributed by atoms with E-state index in [2.05, 4.69) is 62.4 Å². The van der Waals surface area contributed by atoms with Crippen molar-refractivity contribution in [1.82, 2.24) is 9.78 Å². The number of rotatable bonds is 7. The van der Waals surface area contributed by atoms with E-state index in [0.717, 1.165) is 46.3 Å². The third kappa shape index (κ3) is 6.18. The van der Waals surface area contributed by atoms with Crippen LogP contribution in [-0.2, 0) is 6.42 Å². The minimum absolute atomic E-state index is 0.0421. The molecule has 2 aliphatic rings. The van der Waals surface area contributed by atoms with E-state index in [1.54, 1.807) is 7.11 Å². The summed E-state index contributed by atoms with van der Waals surface area (Å²) in [4.78, 5) is 0. The lowest BCUT2D eigenvalue weighted by Crippen LogP contribution is -2.17. The number of methoxy groups -OCH3 is 1. The Morgan fingerprint density at radius 3 is 2.59 bits per heavy atom. The van der Waals surface area contributed by atoms with E-state index < -0.39 is 0 Å². The molecule has 1 N–H and O–H groups in total. The maximum Gasteiger partial charge on any atom is 0.231 e. The van der Waals surface area contributed by atoms with Crippen LogP contribution in [0.15, 0.2) is 96.6 Å². The first-order valence-electron chi connectivity index (χ1n) is 13.5. The second-order valence-corrected chi connectivity index (χ2v) is 10.1. The van der Waals surface area contributed by atoms with Crippen LogP contribution in [0.25, 0.3) is 16.9 Å². The molecule has 1 aliphatic heterocycles. The number of benzene rings is 2. The van der Waals surface area contributed by atoms with Gasteiger partial charge in [-0.2, -0.15) is 5.10 Å². The van der Waals surface area contributed by atoms with Crippen LogP contribution in [0.5, 0.6) is 17.2 Å². The van der Waals surface area contributed by atoms with Gasteiger partial charge in [-0.25, -0.2) is 4.68 Å². The van der Waals surface area contributed by atoms with Gasteiger partial charge in [0.05, 0.1) is 30.8 Å². The molecule has 39 heavy (non-hydrogen) atoms. The molecule has 6 nitrogen and oxygen atoms in total. The molecule has 1 aromatic heterocycles. The van der Waals surface area contributed by atoms with Gasteiger partial charge in [-0.3, -0.25) is 0 Å². The Kier molecular flexibility index (Phi) is 8.33. The minimum Gasteiger partial charge on any atom is -0.497 e. The van der Waals surface area contributed by atoms with Crippen molar-refractivity contribution in [2.75, 3.05) is 20.5 Å². The van der Waals surface area contributed by atoms with Crippen LogP contribution in [-0.4, -0.2) is 35.4 Å². The maximum absolute atomic E-state index is 10.5. The second kappa shape index (κ2) is 12.2. The third-order valence-electron chi connectivity index (χ3n) is 7.26. The summed E-state index contributed by atoms with van der Waals surface area (Å²) in [5.41, 5.74) is 4.94. The molecule has 5 rings (SSSR count). The molecule has 202 valence electrons.